The molecular weight excluding hydrogens is 220 g/mol. The molecule has 0 radical (unpaired) electrons. The summed E-state index contributed by atoms with van der Waals surface area (Å²) in [7, 11) is 1.66. The van der Waals surface area contributed by atoms with Gasteiger partial charge in [-0.3, -0.25) is 9.78 Å². The predicted octanol–water partition coefficient (Wildman–Crippen LogP) is 0.571. The van der Waals surface area contributed by atoms with Gasteiger partial charge in [-0.05, 0) is 25.0 Å². The van der Waals surface area contributed by atoms with Gasteiger partial charge in [-0.1, -0.05) is 5.16 Å². The summed E-state index contributed by atoms with van der Waals surface area (Å²) in [4.78, 5) is 17.7. The molecule has 6 heteroatoms. The molecule has 0 atom stereocenters. The van der Waals surface area contributed by atoms with Gasteiger partial charge in [-0.15, -0.1) is 0 Å². The average molecular weight is 234 g/mol. The third-order valence-electron chi connectivity index (χ3n) is 3.10. The highest BCUT2D eigenvalue weighted by Gasteiger charge is 2.55. The summed E-state index contributed by atoms with van der Waals surface area (Å²) in [5.41, 5.74) is 5.44. The lowest BCUT2D eigenvalue weighted by molar-refractivity contribution is -0.121. The van der Waals surface area contributed by atoms with Crippen molar-refractivity contribution in [1.82, 2.24) is 4.98 Å². The molecule has 2 rings (SSSR count). The van der Waals surface area contributed by atoms with E-state index in [0.29, 0.717) is 18.5 Å². The molecule has 90 valence electrons. The van der Waals surface area contributed by atoms with Gasteiger partial charge in [0.25, 0.3) is 0 Å². The number of nitrogens with two attached hydrogens (primary N) is 1. The van der Waals surface area contributed by atoms with Gasteiger partial charge < -0.3 is 15.8 Å². The quantitative estimate of drug-likeness (QED) is 0.346. The molecule has 1 saturated carbocycles. The number of amidine groups is 1. The van der Waals surface area contributed by atoms with E-state index < -0.39 is 5.41 Å². The molecule has 0 aromatic carbocycles. The Balaban J connectivity index is 2.22. The highest BCUT2D eigenvalue weighted by molar-refractivity contribution is 6.14. The third-order valence-corrected chi connectivity index (χ3v) is 3.10. The number of nitrogens with zero attached hydrogens (tertiary/aromatic N) is 3. The van der Waals surface area contributed by atoms with Crippen LogP contribution in [0, 0.1) is 5.41 Å². The molecule has 1 aliphatic rings. The molecule has 0 aliphatic heterocycles. The molecule has 0 bridgehead atoms. The van der Waals surface area contributed by atoms with Gasteiger partial charge in [0, 0.05) is 13.2 Å². The van der Waals surface area contributed by atoms with Crippen molar-refractivity contribution >= 4 is 17.4 Å². The van der Waals surface area contributed by atoms with Crippen molar-refractivity contribution in [3.63, 3.8) is 0 Å². The van der Waals surface area contributed by atoms with Crippen LogP contribution in [0.1, 0.15) is 12.8 Å². The third kappa shape index (κ3) is 1.82. The van der Waals surface area contributed by atoms with Crippen LogP contribution in [-0.2, 0) is 4.79 Å². The molecule has 3 N–H and O–H groups in total. The standard InChI is InChI=1S/C11H14N4O2/c1-15(8-3-2-6-13-7-8)10(16)11(4-5-11)9(12)14-17/h2-3,6-7,17H,4-5H2,1H3,(H2,12,14). The Morgan fingerprint density at radius 1 is 1.65 bits per heavy atom. The normalized spacial score (nSPS) is 17.6. The Kier molecular flexibility index (Phi) is 2.71. The smallest absolute Gasteiger partial charge is 0.240 e. The van der Waals surface area contributed by atoms with E-state index in [0.717, 1.165) is 0 Å². The largest absolute Gasteiger partial charge is 0.409 e. The van der Waals surface area contributed by atoms with E-state index >= 15 is 0 Å². The summed E-state index contributed by atoms with van der Waals surface area (Å²) in [5.74, 6) is -0.181. The van der Waals surface area contributed by atoms with E-state index in [4.69, 9.17) is 10.9 Å². The lowest BCUT2D eigenvalue weighted by Gasteiger charge is -2.22. The van der Waals surface area contributed by atoms with Crippen molar-refractivity contribution in [2.45, 2.75) is 12.8 Å². The van der Waals surface area contributed by atoms with Gasteiger partial charge in [-0.2, -0.15) is 0 Å². The van der Waals surface area contributed by atoms with E-state index in [1.807, 2.05) is 0 Å². The van der Waals surface area contributed by atoms with Crippen molar-refractivity contribution in [2.75, 3.05) is 11.9 Å². The van der Waals surface area contributed by atoms with E-state index in [1.165, 1.54) is 4.90 Å². The lowest BCUT2D eigenvalue weighted by Crippen LogP contribution is -2.41. The second-order valence-corrected chi connectivity index (χ2v) is 4.14. The van der Waals surface area contributed by atoms with Crippen molar-refractivity contribution in [1.29, 1.82) is 0 Å². The van der Waals surface area contributed by atoms with Crippen LogP contribution >= 0.6 is 0 Å². The molecule has 1 aliphatic carbocycles. The van der Waals surface area contributed by atoms with Crippen LogP contribution in [0.3, 0.4) is 0 Å². The van der Waals surface area contributed by atoms with E-state index in [2.05, 4.69) is 10.1 Å². The number of hydrogen-bond acceptors (Lipinski definition) is 4. The van der Waals surface area contributed by atoms with Gasteiger partial charge in [0.15, 0.2) is 5.84 Å². The topological polar surface area (TPSA) is 91.8 Å². The van der Waals surface area contributed by atoms with Crippen LogP contribution in [-0.4, -0.2) is 29.0 Å². The van der Waals surface area contributed by atoms with Gasteiger partial charge in [-0.25, -0.2) is 0 Å². The van der Waals surface area contributed by atoms with Crippen LogP contribution in [0.25, 0.3) is 0 Å². The maximum atomic E-state index is 12.3. The maximum absolute atomic E-state index is 12.3. The first-order chi connectivity index (χ1) is 8.12. The molecule has 1 heterocycles. The average Bonchev–Trinajstić information content (AvgIpc) is 3.18. The van der Waals surface area contributed by atoms with Gasteiger partial charge >= 0.3 is 0 Å². The fraction of sp³-hybridized carbons (Fsp3) is 0.364. The molecule has 0 unspecified atom stereocenters. The number of rotatable bonds is 3. The summed E-state index contributed by atoms with van der Waals surface area (Å²) in [6.45, 7) is 0. The van der Waals surface area contributed by atoms with Crippen LogP contribution in [0.15, 0.2) is 29.7 Å². The molecule has 6 nitrogen and oxygen atoms in total. The minimum Gasteiger partial charge on any atom is -0.409 e. The van der Waals surface area contributed by atoms with Crippen LogP contribution in [0.4, 0.5) is 5.69 Å². The highest BCUT2D eigenvalue weighted by atomic mass is 16.4. The fourth-order valence-corrected chi connectivity index (χ4v) is 1.79. The second kappa shape index (κ2) is 4.04. The fourth-order valence-electron chi connectivity index (χ4n) is 1.79. The predicted molar refractivity (Wildman–Crippen MR) is 62.7 cm³/mol. The Bertz CT molecular complexity index is 454. The van der Waals surface area contributed by atoms with Crippen LogP contribution in [0.2, 0.25) is 0 Å². The molecule has 0 saturated heterocycles. The summed E-state index contributed by atoms with van der Waals surface area (Å²) in [5, 5.41) is 11.6. The molecule has 0 spiro atoms. The minimum atomic E-state index is -0.820. The molecule has 1 fully saturated rings. The second-order valence-electron chi connectivity index (χ2n) is 4.14. The summed E-state index contributed by atoms with van der Waals surface area (Å²) in [6, 6.07) is 3.54. The maximum Gasteiger partial charge on any atom is 0.240 e. The van der Waals surface area contributed by atoms with E-state index in [1.54, 1.807) is 31.6 Å². The van der Waals surface area contributed by atoms with Crippen molar-refractivity contribution in [3.8, 4) is 0 Å². The highest BCUT2D eigenvalue weighted by Crippen LogP contribution is 2.47. The first-order valence-corrected chi connectivity index (χ1v) is 5.28. The zero-order chi connectivity index (χ0) is 12.5. The first kappa shape index (κ1) is 11.4. The Morgan fingerprint density at radius 2 is 2.35 bits per heavy atom. The van der Waals surface area contributed by atoms with E-state index in [9.17, 15) is 4.79 Å². The van der Waals surface area contributed by atoms with Crippen molar-refractivity contribution in [2.24, 2.45) is 16.3 Å². The minimum absolute atomic E-state index is 0.0155. The number of aromatic nitrogens is 1. The van der Waals surface area contributed by atoms with E-state index in [-0.39, 0.29) is 11.7 Å². The van der Waals surface area contributed by atoms with Gasteiger partial charge in [0.1, 0.15) is 5.41 Å². The number of carbonyl (C=O) groups is 1. The zero-order valence-corrected chi connectivity index (χ0v) is 9.50. The monoisotopic (exact) mass is 234 g/mol. The Morgan fingerprint density at radius 3 is 2.82 bits per heavy atom. The molecule has 1 aromatic rings. The Hall–Kier alpha value is -2.11. The lowest BCUT2D eigenvalue weighted by atomic mass is 10.0. The molecular formula is C11H14N4O2. The number of pyridine rings is 1. The number of oxime groups is 1. The van der Waals surface area contributed by atoms with Crippen LogP contribution in [0.5, 0.6) is 0 Å². The molecule has 1 amide bonds. The summed E-state index contributed by atoms with van der Waals surface area (Å²) >= 11 is 0. The van der Waals surface area contributed by atoms with Crippen LogP contribution < -0.4 is 10.6 Å². The Labute approximate surface area is 98.7 Å². The zero-order valence-electron chi connectivity index (χ0n) is 9.50. The van der Waals surface area contributed by atoms with Crippen molar-refractivity contribution < 1.29 is 10.0 Å². The summed E-state index contributed by atoms with van der Waals surface area (Å²) < 4.78 is 0. The number of carbonyl (C=O) groups excluding carboxylic acids is 1. The number of hydrogen-bond donors (Lipinski definition) is 2. The molecule has 17 heavy (non-hydrogen) atoms. The molecule has 1 aromatic heterocycles. The SMILES string of the molecule is CN(C(=O)C1(/C(N)=N/O)CC1)c1cccnc1. The number of anilines is 1. The van der Waals surface area contributed by atoms with Gasteiger partial charge in [0.2, 0.25) is 5.91 Å². The summed E-state index contributed by atoms with van der Waals surface area (Å²) in [6.07, 6.45) is 4.47. The van der Waals surface area contributed by atoms with Gasteiger partial charge in [0.05, 0.1) is 11.9 Å². The van der Waals surface area contributed by atoms with Crippen molar-refractivity contribution in [3.05, 3.63) is 24.5 Å². The number of amides is 1. The first-order valence-electron chi connectivity index (χ1n) is 5.28.